The average molecular weight is 218 g/mol. The summed E-state index contributed by atoms with van der Waals surface area (Å²) in [6.45, 7) is 0.233. The molecule has 0 aliphatic carbocycles. The zero-order chi connectivity index (χ0) is 12.0. The van der Waals surface area contributed by atoms with Crippen LogP contribution >= 0.6 is 0 Å². The molecule has 0 aliphatic heterocycles. The smallest absolute Gasteiger partial charge is 0.335 e. The maximum absolute atomic E-state index is 10.6. The van der Waals surface area contributed by atoms with Gasteiger partial charge in [0.15, 0.2) is 0 Å². The van der Waals surface area contributed by atoms with E-state index in [4.69, 9.17) is 16.4 Å². The number of rotatable bonds is 4. The van der Waals surface area contributed by atoms with Crippen molar-refractivity contribution in [2.75, 3.05) is 12.3 Å². The third-order valence-electron chi connectivity index (χ3n) is 1.88. The number of carboxylic acid groups (broad SMARTS) is 1. The van der Waals surface area contributed by atoms with Crippen molar-refractivity contribution < 1.29 is 9.90 Å². The van der Waals surface area contributed by atoms with Crippen LogP contribution in [-0.2, 0) is 0 Å². The Bertz CT molecular complexity index is 476. The lowest BCUT2D eigenvalue weighted by atomic mass is 10.1. The Kier molecular flexibility index (Phi) is 3.94. The number of nitrogens with zero attached hydrogens (tertiary/aromatic N) is 3. The van der Waals surface area contributed by atoms with Crippen LogP contribution in [0.15, 0.2) is 29.4 Å². The fourth-order valence-corrected chi connectivity index (χ4v) is 1.12. The van der Waals surface area contributed by atoms with Gasteiger partial charge in [0.1, 0.15) is 0 Å². The molecule has 0 aromatic heterocycles. The summed E-state index contributed by atoms with van der Waals surface area (Å²) in [7, 11) is 0. The number of nitrogen functional groups attached to an aromatic ring is 1. The number of carbonyl (C=O) groups is 1. The molecule has 3 N–H and O–H groups in total. The molecule has 0 saturated heterocycles. The summed E-state index contributed by atoms with van der Waals surface area (Å²) in [4.78, 5) is 13.2. The summed E-state index contributed by atoms with van der Waals surface area (Å²) in [5, 5.41) is 12.0. The second-order valence-electron chi connectivity index (χ2n) is 2.96. The Balaban J connectivity index is 2.86. The number of aromatic carboxylic acids is 1. The molecule has 0 heterocycles. The summed E-state index contributed by atoms with van der Waals surface area (Å²) in [5.74, 6) is -1.02. The molecule has 1 rings (SSSR count). The molecule has 6 nitrogen and oxygen atoms in total. The highest BCUT2D eigenvalue weighted by Gasteiger charge is 2.03. The molecule has 6 heteroatoms. The molecule has 0 radical (unpaired) electrons. The number of nitrogens with two attached hydrogens (primary N) is 1. The molecule has 0 fully saturated rings. The third-order valence-corrected chi connectivity index (χ3v) is 1.88. The normalized spacial score (nSPS) is 10.0. The van der Waals surface area contributed by atoms with Gasteiger partial charge in [0.25, 0.3) is 0 Å². The largest absolute Gasteiger partial charge is 0.478 e. The minimum atomic E-state index is -1.02. The molecular formula is C10H10N4O2. The number of hydrogen-bond acceptors (Lipinski definition) is 3. The van der Waals surface area contributed by atoms with E-state index in [1.54, 1.807) is 18.2 Å². The van der Waals surface area contributed by atoms with Gasteiger partial charge in [-0.15, -0.1) is 0 Å². The molecule has 0 amide bonds. The monoisotopic (exact) mass is 218 g/mol. The molecule has 82 valence electrons. The van der Waals surface area contributed by atoms with Gasteiger partial charge in [-0.05, 0) is 23.2 Å². The number of azide groups is 1. The van der Waals surface area contributed by atoms with Gasteiger partial charge in [0.2, 0.25) is 0 Å². The minimum absolute atomic E-state index is 0.143. The lowest BCUT2D eigenvalue weighted by Gasteiger charge is -2.01. The Morgan fingerprint density at radius 1 is 1.62 bits per heavy atom. The van der Waals surface area contributed by atoms with Crippen LogP contribution in [0.4, 0.5) is 5.69 Å². The van der Waals surface area contributed by atoms with Crippen molar-refractivity contribution in [3.8, 4) is 0 Å². The van der Waals surface area contributed by atoms with Crippen LogP contribution in [0.25, 0.3) is 16.5 Å². The van der Waals surface area contributed by atoms with Crippen molar-refractivity contribution in [2.45, 2.75) is 0 Å². The number of anilines is 1. The Morgan fingerprint density at radius 3 is 2.94 bits per heavy atom. The first-order chi connectivity index (χ1) is 7.65. The molecule has 1 aromatic carbocycles. The van der Waals surface area contributed by atoms with Crippen LogP contribution in [0.1, 0.15) is 15.9 Å². The zero-order valence-electron chi connectivity index (χ0n) is 8.37. The molecule has 0 aliphatic rings. The van der Waals surface area contributed by atoms with Gasteiger partial charge >= 0.3 is 5.97 Å². The van der Waals surface area contributed by atoms with Gasteiger partial charge in [-0.25, -0.2) is 4.79 Å². The van der Waals surface area contributed by atoms with Crippen LogP contribution in [-0.4, -0.2) is 17.6 Å². The van der Waals surface area contributed by atoms with Crippen LogP contribution < -0.4 is 5.73 Å². The van der Waals surface area contributed by atoms with Gasteiger partial charge in [-0.1, -0.05) is 23.3 Å². The van der Waals surface area contributed by atoms with E-state index in [1.807, 2.05) is 0 Å². The third kappa shape index (κ3) is 3.04. The first kappa shape index (κ1) is 11.6. The van der Waals surface area contributed by atoms with E-state index in [-0.39, 0.29) is 12.1 Å². The van der Waals surface area contributed by atoms with E-state index in [9.17, 15) is 4.79 Å². The predicted molar refractivity (Wildman–Crippen MR) is 60.9 cm³/mol. The molecule has 0 unspecified atom stereocenters. The van der Waals surface area contributed by atoms with Crippen LogP contribution in [0.3, 0.4) is 0 Å². The van der Waals surface area contributed by atoms with Gasteiger partial charge < -0.3 is 10.8 Å². The quantitative estimate of drug-likeness (QED) is 0.350. The average Bonchev–Trinajstić information content (AvgIpc) is 2.26. The minimum Gasteiger partial charge on any atom is -0.478 e. The fraction of sp³-hybridized carbons (Fsp3) is 0.100. The lowest BCUT2D eigenvalue weighted by Crippen LogP contribution is -1.98. The van der Waals surface area contributed by atoms with Gasteiger partial charge in [0.05, 0.1) is 5.56 Å². The van der Waals surface area contributed by atoms with Crippen LogP contribution in [0.5, 0.6) is 0 Å². The van der Waals surface area contributed by atoms with E-state index >= 15 is 0 Å². The molecule has 0 spiro atoms. The standard InChI is InChI=1S/C10H10N4O2/c11-9-6-8(10(15)16)4-3-7(9)2-1-5-13-14-12/h1-4,6H,5,11H2,(H,15,16). The van der Waals surface area contributed by atoms with Crippen LogP contribution in [0, 0.1) is 0 Å². The first-order valence-electron chi connectivity index (χ1n) is 4.45. The summed E-state index contributed by atoms with van der Waals surface area (Å²) >= 11 is 0. The Labute approximate surface area is 91.6 Å². The maximum Gasteiger partial charge on any atom is 0.335 e. The van der Waals surface area contributed by atoms with Crippen molar-refractivity contribution in [1.82, 2.24) is 0 Å². The molecule has 1 aromatic rings. The zero-order valence-corrected chi connectivity index (χ0v) is 8.37. The summed E-state index contributed by atoms with van der Waals surface area (Å²) in [6.07, 6.45) is 3.32. The molecule has 16 heavy (non-hydrogen) atoms. The predicted octanol–water partition coefficient (Wildman–Crippen LogP) is 2.29. The van der Waals surface area contributed by atoms with Crippen molar-refractivity contribution in [2.24, 2.45) is 5.11 Å². The summed E-state index contributed by atoms with van der Waals surface area (Å²) in [6, 6.07) is 4.45. The molecule has 0 saturated carbocycles. The van der Waals surface area contributed by atoms with E-state index in [1.165, 1.54) is 12.1 Å². The summed E-state index contributed by atoms with van der Waals surface area (Å²) < 4.78 is 0. The van der Waals surface area contributed by atoms with Gasteiger partial charge in [0, 0.05) is 17.1 Å². The highest BCUT2D eigenvalue weighted by Crippen LogP contribution is 2.15. The van der Waals surface area contributed by atoms with Gasteiger partial charge in [-0.2, -0.15) is 0 Å². The molecule has 0 bridgehead atoms. The molecular weight excluding hydrogens is 208 g/mol. The Hall–Kier alpha value is -2.46. The second-order valence-corrected chi connectivity index (χ2v) is 2.96. The second kappa shape index (κ2) is 5.43. The van der Waals surface area contributed by atoms with E-state index in [0.29, 0.717) is 11.3 Å². The number of carboxylic acids is 1. The van der Waals surface area contributed by atoms with Crippen molar-refractivity contribution >= 4 is 17.7 Å². The SMILES string of the molecule is [N-]=[N+]=NCC=Cc1ccc(C(=O)O)cc1N. The topological polar surface area (TPSA) is 112 Å². The van der Waals surface area contributed by atoms with Crippen molar-refractivity contribution in [1.29, 1.82) is 0 Å². The van der Waals surface area contributed by atoms with E-state index in [0.717, 1.165) is 0 Å². The fourth-order valence-electron chi connectivity index (χ4n) is 1.12. The van der Waals surface area contributed by atoms with Crippen LogP contribution in [0.2, 0.25) is 0 Å². The van der Waals surface area contributed by atoms with Crippen molar-refractivity contribution in [3.05, 3.63) is 45.8 Å². The maximum atomic E-state index is 10.6. The van der Waals surface area contributed by atoms with Gasteiger partial charge in [-0.3, -0.25) is 0 Å². The van der Waals surface area contributed by atoms with E-state index in [2.05, 4.69) is 10.0 Å². The Morgan fingerprint density at radius 2 is 2.38 bits per heavy atom. The number of hydrogen-bond donors (Lipinski definition) is 2. The highest BCUT2D eigenvalue weighted by molar-refractivity contribution is 5.89. The summed E-state index contributed by atoms with van der Waals surface area (Å²) in [5.41, 5.74) is 14.9. The number of benzene rings is 1. The lowest BCUT2D eigenvalue weighted by molar-refractivity contribution is 0.0697. The first-order valence-corrected chi connectivity index (χ1v) is 4.45. The van der Waals surface area contributed by atoms with E-state index < -0.39 is 5.97 Å². The molecule has 0 atom stereocenters. The highest BCUT2D eigenvalue weighted by atomic mass is 16.4. The van der Waals surface area contributed by atoms with Crippen molar-refractivity contribution in [3.63, 3.8) is 0 Å².